The number of furan rings is 1. The number of benzene rings is 3. The van der Waals surface area contributed by atoms with E-state index in [4.69, 9.17) is 4.42 Å². The number of aryl methyl sites for hydroxylation is 3. The molecule has 0 radical (unpaired) electrons. The molecule has 0 unspecified atom stereocenters. The summed E-state index contributed by atoms with van der Waals surface area (Å²) in [5, 5.41) is 4.49. The highest BCUT2D eigenvalue weighted by Crippen LogP contribution is 2.39. The van der Waals surface area contributed by atoms with Crippen LogP contribution in [-0.4, -0.2) is 19.5 Å². The second kappa shape index (κ2) is 5.64. The molecule has 0 saturated heterocycles. The Morgan fingerprint density at radius 2 is 1.45 bits per heavy atom. The van der Waals surface area contributed by atoms with Crippen LogP contribution in [0.15, 0.2) is 59.0 Å². The van der Waals surface area contributed by atoms with Crippen molar-refractivity contribution in [3.8, 4) is 5.95 Å². The van der Waals surface area contributed by atoms with Gasteiger partial charge in [-0.05, 0) is 44.5 Å². The molecule has 6 aromatic rings. The standard InChI is InChI=1S/C24H18N4O/c1-13-8-9-16-18-10-11-19-17-6-4-5-7-21(17)29-23(19)22(18)28(20(16)12-13)24-26-14(2)25-15(3)27-24/h4-12H,1-3H3. The van der Waals surface area contributed by atoms with Crippen LogP contribution >= 0.6 is 0 Å². The SMILES string of the molecule is Cc1ccc2c3ccc4c5ccccc5oc4c3n(-c3nc(C)nc(C)n3)c2c1. The fourth-order valence-electron chi connectivity index (χ4n) is 4.30. The summed E-state index contributed by atoms with van der Waals surface area (Å²) >= 11 is 0. The van der Waals surface area contributed by atoms with Gasteiger partial charge >= 0.3 is 0 Å². The summed E-state index contributed by atoms with van der Waals surface area (Å²) < 4.78 is 8.47. The summed E-state index contributed by atoms with van der Waals surface area (Å²) in [5.41, 5.74) is 4.98. The van der Waals surface area contributed by atoms with Crippen molar-refractivity contribution in [1.29, 1.82) is 0 Å². The highest BCUT2D eigenvalue weighted by molar-refractivity contribution is 6.21. The summed E-state index contributed by atoms with van der Waals surface area (Å²) in [6.07, 6.45) is 0. The molecule has 140 valence electrons. The third kappa shape index (κ3) is 2.24. The van der Waals surface area contributed by atoms with E-state index >= 15 is 0 Å². The molecule has 3 heterocycles. The van der Waals surface area contributed by atoms with Crippen LogP contribution in [-0.2, 0) is 0 Å². The molecule has 29 heavy (non-hydrogen) atoms. The van der Waals surface area contributed by atoms with E-state index in [9.17, 15) is 0 Å². The third-order valence-corrected chi connectivity index (χ3v) is 5.48. The van der Waals surface area contributed by atoms with Crippen LogP contribution in [0.25, 0.3) is 49.7 Å². The van der Waals surface area contributed by atoms with E-state index in [0.717, 1.165) is 43.7 Å². The van der Waals surface area contributed by atoms with Gasteiger partial charge in [-0.2, -0.15) is 9.97 Å². The van der Waals surface area contributed by atoms with Crippen molar-refractivity contribution in [1.82, 2.24) is 19.5 Å². The van der Waals surface area contributed by atoms with Crippen molar-refractivity contribution in [3.05, 3.63) is 71.8 Å². The summed E-state index contributed by atoms with van der Waals surface area (Å²) in [7, 11) is 0. The Bertz CT molecular complexity index is 1570. The van der Waals surface area contributed by atoms with Gasteiger partial charge in [-0.15, -0.1) is 0 Å². The predicted molar refractivity (Wildman–Crippen MR) is 116 cm³/mol. The smallest absolute Gasteiger partial charge is 0.238 e. The maximum Gasteiger partial charge on any atom is 0.238 e. The Hall–Kier alpha value is -3.73. The molecule has 0 N–H and O–H groups in total. The maximum absolute atomic E-state index is 6.36. The Morgan fingerprint density at radius 3 is 2.28 bits per heavy atom. The minimum atomic E-state index is 0.619. The van der Waals surface area contributed by atoms with Crippen LogP contribution in [0.2, 0.25) is 0 Å². The van der Waals surface area contributed by atoms with Gasteiger partial charge in [0.15, 0.2) is 5.58 Å². The van der Waals surface area contributed by atoms with Gasteiger partial charge in [0, 0.05) is 21.5 Å². The van der Waals surface area contributed by atoms with Crippen molar-refractivity contribution in [2.75, 3.05) is 0 Å². The fraction of sp³-hybridized carbons (Fsp3) is 0.125. The highest BCUT2D eigenvalue weighted by atomic mass is 16.3. The monoisotopic (exact) mass is 378 g/mol. The van der Waals surface area contributed by atoms with Crippen LogP contribution in [0, 0.1) is 20.8 Å². The molecule has 0 spiro atoms. The van der Waals surface area contributed by atoms with Gasteiger partial charge in [0.2, 0.25) is 5.95 Å². The topological polar surface area (TPSA) is 56.7 Å². The second-order valence-electron chi connectivity index (χ2n) is 7.52. The number of para-hydroxylation sites is 1. The van der Waals surface area contributed by atoms with E-state index in [2.05, 4.69) is 62.8 Å². The Kier molecular flexibility index (Phi) is 3.16. The first kappa shape index (κ1) is 16.2. The third-order valence-electron chi connectivity index (χ3n) is 5.48. The van der Waals surface area contributed by atoms with Crippen molar-refractivity contribution in [3.63, 3.8) is 0 Å². The van der Waals surface area contributed by atoms with Crippen molar-refractivity contribution >= 4 is 43.7 Å². The zero-order valence-electron chi connectivity index (χ0n) is 16.4. The van der Waals surface area contributed by atoms with Crippen molar-refractivity contribution in [2.45, 2.75) is 20.8 Å². The summed E-state index contributed by atoms with van der Waals surface area (Å²) in [6.45, 7) is 5.89. The molecule has 0 saturated carbocycles. The van der Waals surface area contributed by atoms with Crippen LogP contribution in [0.3, 0.4) is 0 Å². The van der Waals surface area contributed by atoms with E-state index in [1.807, 2.05) is 32.0 Å². The Morgan fingerprint density at radius 1 is 0.724 bits per heavy atom. The van der Waals surface area contributed by atoms with E-state index in [-0.39, 0.29) is 0 Å². The lowest BCUT2D eigenvalue weighted by atomic mass is 10.1. The van der Waals surface area contributed by atoms with Gasteiger partial charge in [0.05, 0.1) is 5.52 Å². The first-order chi connectivity index (χ1) is 14.1. The predicted octanol–water partition coefficient (Wildman–Crippen LogP) is 5.79. The first-order valence-corrected chi connectivity index (χ1v) is 9.65. The zero-order valence-corrected chi connectivity index (χ0v) is 16.4. The second-order valence-corrected chi connectivity index (χ2v) is 7.52. The average Bonchev–Trinajstić information content (AvgIpc) is 3.22. The Labute approximate surface area is 166 Å². The van der Waals surface area contributed by atoms with Gasteiger partial charge in [0.25, 0.3) is 0 Å². The molecule has 0 aliphatic carbocycles. The number of nitrogens with zero attached hydrogens (tertiary/aromatic N) is 4. The molecular formula is C24H18N4O. The van der Waals surface area contributed by atoms with Gasteiger partial charge in [-0.25, -0.2) is 4.98 Å². The minimum Gasteiger partial charge on any atom is -0.454 e. The van der Waals surface area contributed by atoms with Crippen molar-refractivity contribution < 1.29 is 4.42 Å². The fourth-order valence-corrected chi connectivity index (χ4v) is 4.30. The van der Waals surface area contributed by atoms with Gasteiger partial charge in [-0.3, -0.25) is 4.57 Å². The number of aromatic nitrogens is 4. The molecule has 0 atom stereocenters. The lowest BCUT2D eigenvalue weighted by Gasteiger charge is -2.07. The molecule has 0 amide bonds. The highest BCUT2D eigenvalue weighted by Gasteiger charge is 2.20. The van der Waals surface area contributed by atoms with Gasteiger partial charge in [0.1, 0.15) is 22.7 Å². The number of fused-ring (bicyclic) bond motifs is 7. The molecule has 5 nitrogen and oxygen atoms in total. The van der Waals surface area contributed by atoms with E-state index in [1.54, 1.807) is 0 Å². The average molecular weight is 378 g/mol. The minimum absolute atomic E-state index is 0.619. The summed E-state index contributed by atoms with van der Waals surface area (Å²) in [5.74, 6) is 2.02. The van der Waals surface area contributed by atoms with Gasteiger partial charge < -0.3 is 4.42 Å². The summed E-state index contributed by atoms with van der Waals surface area (Å²) in [4.78, 5) is 13.7. The normalized spacial score (nSPS) is 12.0. The lowest BCUT2D eigenvalue weighted by molar-refractivity contribution is 0.670. The lowest BCUT2D eigenvalue weighted by Crippen LogP contribution is -2.06. The molecule has 0 bridgehead atoms. The van der Waals surface area contributed by atoms with E-state index in [0.29, 0.717) is 17.6 Å². The number of rotatable bonds is 1. The van der Waals surface area contributed by atoms with E-state index in [1.165, 1.54) is 5.56 Å². The van der Waals surface area contributed by atoms with Crippen molar-refractivity contribution in [2.24, 2.45) is 0 Å². The van der Waals surface area contributed by atoms with Crippen LogP contribution in [0.5, 0.6) is 0 Å². The zero-order chi connectivity index (χ0) is 19.7. The molecule has 0 aliphatic heterocycles. The van der Waals surface area contributed by atoms with Crippen LogP contribution in [0.4, 0.5) is 0 Å². The Balaban J connectivity index is 1.90. The number of hydrogen-bond acceptors (Lipinski definition) is 4. The molecule has 0 fully saturated rings. The first-order valence-electron chi connectivity index (χ1n) is 9.65. The van der Waals surface area contributed by atoms with Crippen LogP contribution in [0.1, 0.15) is 17.2 Å². The largest absolute Gasteiger partial charge is 0.454 e. The molecule has 5 heteroatoms. The molecular weight excluding hydrogens is 360 g/mol. The summed E-state index contributed by atoms with van der Waals surface area (Å²) in [6, 6.07) is 19.0. The number of hydrogen-bond donors (Lipinski definition) is 0. The molecule has 3 aromatic heterocycles. The maximum atomic E-state index is 6.36. The van der Waals surface area contributed by atoms with E-state index < -0.39 is 0 Å². The molecule has 3 aromatic carbocycles. The molecule has 6 rings (SSSR count). The van der Waals surface area contributed by atoms with Gasteiger partial charge in [-0.1, -0.05) is 36.4 Å². The molecule has 0 aliphatic rings. The quantitative estimate of drug-likeness (QED) is 0.363. The van der Waals surface area contributed by atoms with Crippen LogP contribution < -0.4 is 0 Å².